The topological polar surface area (TPSA) is 123 Å². The average Bonchev–Trinajstić information content (AvgIpc) is 2.46. The molecule has 1 aromatic rings. The minimum absolute atomic E-state index is 0.0625. The Morgan fingerprint density at radius 1 is 1.29 bits per heavy atom. The van der Waals surface area contributed by atoms with Gasteiger partial charge >= 0.3 is 12.0 Å². The minimum Gasteiger partial charge on any atom is -0.481 e. The van der Waals surface area contributed by atoms with Crippen LogP contribution in [0.3, 0.4) is 0 Å². The van der Waals surface area contributed by atoms with Crippen molar-refractivity contribution >= 4 is 17.9 Å². The minimum atomic E-state index is -1.38. The van der Waals surface area contributed by atoms with E-state index in [1.165, 1.54) is 27.2 Å². The number of hydrogen-bond acceptors (Lipinski definition) is 6. The molecule has 0 radical (unpaired) electrons. The highest BCUT2D eigenvalue weighted by atomic mass is 16.5. The van der Waals surface area contributed by atoms with E-state index in [1.54, 1.807) is 6.92 Å². The van der Waals surface area contributed by atoms with E-state index in [-0.39, 0.29) is 24.1 Å². The summed E-state index contributed by atoms with van der Waals surface area (Å²) in [4.78, 5) is 30.8. The van der Waals surface area contributed by atoms with Gasteiger partial charge in [-0.05, 0) is 13.3 Å². The number of carboxylic acids is 1. The molecule has 0 saturated heterocycles. The quantitative estimate of drug-likeness (QED) is 0.712. The first kappa shape index (κ1) is 16.5. The Kier molecular flexibility index (Phi) is 5.28. The number of amides is 2. The number of ether oxygens (including phenoxy) is 2. The maximum absolute atomic E-state index is 11.8. The highest BCUT2D eigenvalue weighted by molar-refractivity contribution is 5.92. The summed E-state index contributed by atoms with van der Waals surface area (Å²) in [6.07, 6.45) is 0.220. The Morgan fingerprint density at radius 3 is 2.19 bits per heavy atom. The number of anilines is 1. The Morgan fingerprint density at radius 2 is 1.81 bits per heavy atom. The van der Waals surface area contributed by atoms with Gasteiger partial charge in [0.1, 0.15) is 5.54 Å². The molecule has 0 spiro atoms. The molecule has 0 aromatic carbocycles. The van der Waals surface area contributed by atoms with Crippen LogP contribution >= 0.6 is 0 Å². The van der Waals surface area contributed by atoms with Gasteiger partial charge in [-0.25, -0.2) is 9.59 Å². The Balaban J connectivity index is 2.86. The number of aliphatic carboxylic acids is 1. The van der Waals surface area contributed by atoms with Crippen molar-refractivity contribution in [2.45, 2.75) is 25.8 Å². The molecule has 1 aromatic heterocycles. The van der Waals surface area contributed by atoms with Gasteiger partial charge in [-0.2, -0.15) is 9.97 Å². The monoisotopic (exact) mass is 298 g/mol. The van der Waals surface area contributed by atoms with Crippen LogP contribution in [0, 0.1) is 0 Å². The van der Waals surface area contributed by atoms with E-state index >= 15 is 0 Å². The third-order valence-electron chi connectivity index (χ3n) is 2.89. The molecule has 2 amide bonds. The number of urea groups is 1. The van der Waals surface area contributed by atoms with Gasteiger partial charge in [0.15, 0.2) is 0 Å². The smallest absolute Gasteiger partial charge is 0.329 e. The third kappa shape index (κ3) is 4.20. The number of nitrogens with zero attached hydrogens (tertiary/aromatic N) is 2. The molecule has 9 nitrogen and oxygen atoms in total. The molecule has 0 fully saturated rings. The van der Waals surface area contributed by atoms with Crippen molar-refractivity contribution in [3.05, 3.63) is 6.07 Å². The second-order valence-corrected chi connectivity index (χ2v) is 4.35. The summed E-state index contributed by atoms with van der Waals surface area (Å²) < 4.78 is 9.88. The molecule has 0 aliphatic rings. The van der Waals surface area contributed by atoms with E-state index in [2.05, 4.69) is 20.6 Å². The number of carbonyl (C=O) groups excluding carboxylic acids is 1. The summed E-state index contributed by atoms with van der Waals surface area (Å²) in [7, 11) is 2.81. The molecule has 1 heterocycles. The summed E-state index contributed by atoms with van der Waals surface area (Å²) in [6, 6.07) is 0.702. The van der Waals surface area contributed by atoms with Gasteiger partial charge in [0, 0.05) is 0 Å². The number of carboxylic acid groups (broad SMARTS) is 1. The van der Waals surface area contributed by atoms with Gasteiger partial charge in [-0.1, -0.05) is 6.92 Å². The molecule has 1 atom stereocenters. The summed E-state index contributed by atoms with van der Waals surface area (Å²) in [5.41, 5.74) is -1.38. The van der Waals surface area contributed by atoms with Gasteiger partial charge < -0.3 is 19.9 Å². The van der Waals surface area contributed by atoms with E-state index in [0.717, 1.165) is 0 Å². The van der Waals surface area contributed by atoms with Gasteiger partial charge in [0.05, 0.1) is 20.3 Å². The maximum Gasteiger partial charge on any atom is 0.329 e. The molecule has 1 unspecified atom stereocenters. The van der Waals surface area contributed by atoms with Crippen LogP contribution in [-0.2, 0) is 4.79 Å². The lowest BCUT2D eigenvalue weighted by Gasteiger charge is -2.24. The lowest BCUT2D eigenvalue weighted by Crippen LogP contribution is -2.53. The molecule has 9 heteroatoms. The summed E-state index contributed by atoms with van der Waals surface area (Å²) in [6.45, 7) is 3.06. The lowest BCUT2D eigenvalue weighted by atomic mass is 10.00. The van der Waals surface area contributed by atoms with Crippen LogP contribution in [0.2, 0.25) is 0 Å². The molecule has 0 aliphatic carbocycles. The molecular weight excluding hydrogens is 280 g/mol. The van der Waals surface area contributed by atoms with Crippen molar-refractivity contribution in [3.63, 3.8) is 0 Å². The Hall–Kier alpha value is -2.58. The molecule has 0 aliphatic heterocycles. The molecule has 21 heavy (non-hydrogen) atoms. The van der Waals surface area contributed by atoms with Crippen molar-refractivity contribution in [2.24, 2.45) is 0 Å². The van der Waals surface area contributed by atoms with E-state index in [0.29, 0.717) is 0 Å². The number of nitrogens with one attached hydrogen (secondary N) is 2. The molecular formula is C12H18N4O5. The number of hydrogen-bond donors (Lipinski definition) is 3. The van der Waals surface area contributed by atoms with Crippen molar-refractivity contribution < 1.29 is 24.2 Å². The van der Waals surface area contributed by atoms with Crippen molar-refractivity contribution in [1.82, 2.24) is 15.3 Å². The second-order valence-electron chi connectivity index (χ2n) is 4.35. The van der Waals surface area contributed by atoms with Crippen molar-refractivity contribution in [1.29, 1.82) is 0 Å². The van der Waals surface area contributed by atoms with E-state index < -0.39 is 17.5 Å². The van der Waals surface area contributed by atoms with Crippen LogP contribution < -0.4 is 20.1 Å². The first-order valence-electron chi connectivity index (χ1n) is 6.14. The highest BCUT2D eigenvalue weighted by Gasteiger charge is 2.33. The van der Waals surface area contributed by atoms with E-state index in [9.17, 15) is 9.59 Å². The fraction of sp³-hybridized carbons (Fsp3) is 0.500. The van der Waals surface area contributed by atoms with Gasteiger partial charge in [0.25, 0.3) is 0 Å². The van der Waals surface area contributed by atoms with Crippen molar-refractivity contribution in [3.8, 4) is 11.8 Å². The van der Waals surface area contributed by atoms with Crippen LogP contribution in [-0.4, -0.2) is 46.8 Å². The van der Waals surface area contributed by atoms with E-state index in [4.69, 9.17) is 14.6 Å². The fourth-order valence-electron chi connectivity index (χ4n) is 1.35. The second kappa shape index (κ2) is 6.73. The number of aromatic nitrogens is 2. The summed E-state index contributed by atoms with van der Waals surface area (Å²) >= 11 is 0. The summed E-state index contributed by atoms with van der Waals surface area (Å²) in [5, 5.41) is 13.8. The highest BCUT2D eigenvalue weighted by Crippen LogP contribution is 2.17. The first-order valence-corrected chi connectivity index (χ1v) is 6.14. The predicted octanol–water partition coefficient (Wildman–Crippen LogP) is 0.869. The number of carbonyl (C=O) groups is 2. The number of methoxy groups -OCH3 is 2. The van der Waals surface area contributed by atoms with Crippen LogP contribution in [0.4, 0.5) is 10.7 Å². The normalized spacial score (nSPS) is 13.0. The zero-order valence-electron chi connectivity index (χ0n) is 12.3. The first-order chi connectivity index (χ1) is 9.84. The van der Waals surface area contributed by atoms with Gasteiger partial charge in [0.2, 0.25) is 17.7 Å². The van der Waals surface area contributed by atoms with E-state index in [1.807, 2.05) is 0 Å². The average molecular weight is 298 g/mol. The maximum atomic E-state index is 11.8. The van der Waals surface area contributed by atoms with Crippen LogP contribution in [0.25, 0.3) is 0 Å². The molecule has 3 N–H and O–H groups in total. The Bertz CT molecular complexity index is 514. The van der Waals surface area contributed by atoms with Crippen LogP contribution in [0.5, 0.6) is 11.8 Å². The SMILES string of the molecule is CCC(C)(NC(=O)Nc1nc(OC)cc(OC)n1)C(=O)O. The van der Waals surface area contributed by atoms with Crippen LogP contribution in [0.1, 0.15) is 20.3 Å². The largest absolute Gasteiger partial charge is 0.481 e. The molecule has 1 rings (SSSR count). The van der Waals surface area contributed by atoms with Gasteiger partial charge in [-0.15, -0.1) is 0 Å². The van der Waals surface area contributed by atoms with Crippen molar-refractivity contribution in [2.75, 3.05) is 19.5 Å². The zero-order chi connectivity index (χ0) is 16.0. The number of rotatable bonds is 6. The third-order valence-corrected chi connectivity index (χ3v) is 2.89. The molecule has 116 valence electrons. The molecule has 0 saturated carbocycles. The zero-order valence-corrected chi connectivity index (χ0v) is 12.3. The summed E-state index contributed by atoms with van der Waals surface area (Å²) in [5.74, 6) is -0.792. The Labute approximate surface area is 121 Å². The lowest BCUT2D eigenvalue weighted by molar-refractivity contribution is -0.143. The van der Waals surface area contributed by atoms with Crippen LogP contribution in [0.15, 0.2) is 6.07 Å². The molecule has 0 bridgehead atoms. The predicted molar refractivity (Wildman–Crippen MR) is 73.6 cm³/mol. The standard InChI is InChI=1S/C12H18N4O5/c1-5-12(2,9(17)18)16-11(19)15-10-13-7(20-3)6-8(14-10)21-4/h6H,5H2,1-4H3,(H,17,18)(H2,13,14,15,16,19). The van der Waals surface area contributed by atoms with Gasteiger partial charge in [-0.3, -0.25) is 5.32 Å². The fourth-order valence-corrected chi connectivity index (χ4v) is 1.35.